The molecule has 0 spiro atoms. The number of carboxylic acid groups (broad SMARTS) is 1. The van der Waals surface area contributed by atoms with Gasteiger partial charge < -0.3 is 24.3 Å². The molecule has 0 aromatic rings. The monoisotopic (exact) mass is 566 g/mol. The summed E-state index contributed by atoms with van der Waals surface area (Å²) in [7, 11) is 8.90. The van der Waals surface area contributed by atoms with E-state index in [9.17, 15) is 22.9 Å². The molecule has 38 heavy (non-hydrogen) atoms. The van der Waals surface area contributed by atoms with Crippen LogP contribution in [-0.2, 0) is 19.4 Å². The summed E-state index contributed by atoms with van der Waals surface area (Å²) in [6.07, 6.45) is 21.2. The summed E-state index contributed by atoms with van der Waals surface area (Å²) in [5.74, 6) is 5.73. The van der Waals surface area contributed by atoms with Gasteiger partial charge in [0.25, 0.3) is 0 Å². The van der Waals surface area contributed by atoms with Crippen molar-refractivity contribution in [3.63, 3.8) is 0 Å². The zero-order valence-corrected chi connectivity index (χ0v) is 26.9. The van der Waals surface area contributed by atoms with Gasteiger partial charge in [0.05, 0.1) is 49.4 Å². The first-order valence-corrected chi connectivity index (χ1v) is 15.8. The zero-order chi connectivity index (χ0) is 30.1. The Morgan fingerprint density at radius 3 is 1.18 bits per heavy atom. The average molecular weight is 567 g/mol. The van der Waals surface area contributed by atoms with E-state index in [2.05, 4.69) is 65.2 Å². The molecule has 2 N–H and O–H groups in total. The van der Waals surface area contributed by atoms with Crippen molar-refractivity contribution in [2.45, 2.75) is 122 Å². The number of quaternary nitrogens is 2. The Labute approximate surface area is 236 Å². The first-order valence-electron chi connectivity index (χ1n) is 14.5. The average Bonchev–Trinajstić information content (AvgIpc) is 2.79. The van der Waals surface area contributed by atoms with Crippen LogP contribution >= 0.6 is 0 Å². The molecule has 0 saturated carbocycles. The van der Waals surface area contributed by atoms with E-state index in [4.69, 9.17) is 0 Å². The third-order valence-electron chi connectivity index (χ3n) is 4.67. The van der Waals surface area contributed by atoms with Crippen LogP contribution in [0.5, 0.6) is 0 Å². The predicted octanol–water partition coefficient (Wildman–Crippen LogP) is 2.40. The molecule has 0 amide bonds. The molecule has 0 aromatic heterocycles. The minimum atomic E-state index is -4.41. The fourth-order valence-electron chi connectivity index (χ4n) is 2.89. The van der Waals surface area contributed by atoms with Gasteiger partial charge in [-0.05, 0) is 25.7 Å². The summed E-state index contributed by atoms with van der Waals surface area (Å²) in [5, 5.41) is 10.3. The standard InChI is InChI=1S/C22H40O2.2C3H9N.CH4O4S/c1-2-3-4-5-6-7-8-9-10-11-12-13-14-15-16-17-18-19-20-21-22(23)24;2*1-4(2)3;1-5-6(2,3)4/h2-8,11-21H2,1H3,(H,23,24);2*1-3H3;1H3,(H,2,3,4). The summed E-state index contributed by atoms with van der Waals surface area (Å²) in [5.41, 5.74) is 0. The molecule has 8 nitrogen and oxygen atoms in total. The number of nitrogens with one attached hydrogen (secondary N) is 2. The topological polar surface area (TPSA) is 115 Å². The molecule has 0 bridgehead atoms. The van der Waals surface area contributed by atoms with Gasteiger partial charge in [-0.3, -0.25) is 4.18 Å². The molecule has 0 radical (unpaired) electrons. The van der Waals surface area contributed by atoms with Gasteiger partial charge in [-0.25, -0.2) is 8.42 Å². The van der Waals surface area contributed by atoms with Crippen molar-refractivity contribution in [1.29, 1.82) is 0 Å². The second-order valence-electron chi connectivity index (χ2n) is 10.5. The predicted molar refractivity (Wildman–Crippen MR) is 156 cm³/mol. The Morgan fingerprint density at radius 1 is 0.658 bits per heavy atom. The lowest BCUT2D eigenvalue weighted by molar-refractivity contribution is -0.836. The van der Waals surface area contributed by atoms with Crippen LogP contribution in [0.15, 0.2) is 0 Å². The maximum absolute atomic E-state index is 10.3. The molecule has 0 saturated heterocycles. The Hall–Kier alpha value is -1.18. The van der Waals surface area contributed by atoms with Gasteiger partial charge in [-0.1, -0.05) is 84.0 Å². The lowest BCUT2D eigenvalue weighted by atomic mass is 10.1. The first-order chi connectivity index (χ1) is 17.8. The van der Waals surface area contributed by atoms with Crippen molar-refractivity contribution in [3.05, 3.63) is 0 Å². The molecule has 230 valence electrons. The summed E-state index contributed by atoms with van der Waals surface area (Å²) in [6, 6.07) is 0. The van der Waals surface area contributed by atoms with Gasteiger partial charge >= 0.3 is 0 Å². The number of aliphatic carboxylic acids is 1. The summed E-state index contributed by atoms with van der Waals surface area (Å²) in [4.78, 5) is 13.1. The van der Waals surface area contributed by atoms with Gasteiger partial charge in [0.2, 0.25) is 10.4 Å². The molecular formula is C29H62N2O6S. The van der Waals surface area contributed by atoms with Crippen molar-refractivity contribution in [2.75, 3.05) is 49.4 Å². The van der Waals surface area contributed by atoms with Crippen LogP contribution in [0.3, 0.4) is 0 Å². The number of rotatable bonds is 18. The van der Waals surface area contributed by atoms with E-state index in [1.807, 2.05) is 0 Å². The number of carbonyl (C=O) groups excluding carboxylic acids is 1. The number of hydrogen-bond donors (Lipinski definition) is 2. The lowest BCUT2D eigenvalue weighted by Crippen LogP contribution is -3.02. The van der Waals surface area contributed by atoms with Crippen molar-refractivity contribution in [3.8, 4) is 11.8 Å². The molecule has 0 aliphatic rings. The molecule has 9 heteroatoms. The molecule has 0 rings (SSSR count). The third kappa shape index (κ3) is 76.5. The summed E-state index contributed by atoms with van der Waals surface area (Å²) >= 11 is 0. The Bertz CT molecular complexity index is 617. The Kier molecular flexibility index (Phi) is 41.3. The Morgan fingerprint density at radius 2 is 0.921 bits per heavy atom. The highest BCUT2D eigenvalue weighted by atomic mass is 32.3. The molecule has 0 heterocycles. The second kappa shape index (κ2) is 35.8. The highest BCUT2D eigenvalue weighted by Gasteiger charge is 1.93. The third-order valence-corrected chi connectivity index (χ3v) is 5.08. The van der Waals surface area contributed by atoms with Gasteiger partial charge in [0, 0.05) is 18.8 Å². The maximum Gasteiger partial charge on any atom is 0.217 e. The van der Waals surface area contributed by atoms with Gasteiger partial charge in [-0.15, -0.1) is 11.8 Å². The number of carboxylic acids is 1. The zero-order valence-electron chi connectivity index (χ0n) is 26.1. The molecule has 0 aliphatic heterocycles. The van der Waals surface area contributed by atoms with Crippen LogP contribution in [-0.4, -0.2) is 68.3 Å². The van der Waals surface area contributed by atoms with Crippen molar-refractivity contribution >= 4 is 16.4 Å². The quantitative estimate of drug-likeness (QED) is 0.114. The molecule has 0 unspecified atom stereocenters. The highest BCUT2D eigenvalue weighted by Crippen LogP contribution is 2.11. The van der Waals surface area contributed by atoms with Crippen LogP contribution in [0.4, 0.5) is 0 Å². The van der Waals surface area contributed by atoms with E-state index >= 15 is 0 Å². The van der Waals surface area contributed by atoms with E-state index in [1.54, 1.807) is 0 Å². The van der Waals surface area contributed by atoms with Crippen molar-refractivity contribution in [2.24, 2.45) is 0 Å². The fraction of sp³-hybridized carbons (Fsp3) is 0.897. The van der Waals surface area contributed by atoms with Gasteiger partial charge in [-0.2, -0.15) is 0 Å². The number of hydrogen-bond acceptors (Lipinski definition) is 6. The molecule has 0 aromatic carbocycles. The summed E-state index contributed by atoms with van der Waals surface area (Å²) < 4.78 is 31.0. The van der Waals surface area contributed by atoms with Gasteiger partial charge in [0.15, 0.2) is 0 Å². The SMILES string of the molecule is CCCCCCCCC#CCCCCCCCCCCCC(=O)[O-].COS(=O)(=O)[O-].C[NH+](C)C.C[NH+](C)C. The molecule has 0 aliphatic carbocycles. The maximum atomic E-state index is 10.3. The number of unbranched alkanes of at least 4 members (excludes halogenated alkanes) is 15. The van der Waals surface area contributed by atoms with E-state index in [0.29, 0.717) is 0 Å². The van der Waals surface area contributed by atoms with E-state index in [-0.39, 0.29) is 6.42 Å². The second-order valence-corrected chi connectivity index (χ2v) is 11.7. The number of carbonyl (C=O) groups is 1. The summed E-state index contributed by atoms with van der Waals surface area (Å²) in [6.45, 7) is 2.26. The smallest absolute Gasteiger partial charge is 0.217 e. The van der Waals surface area contributed by atoms with Crippen LogP contribution in [0, 0.1) is 11.8 Å². The highest BCUT2D eigenvalue weighted by molar-refractivity contribution is 7.80. The lowest BCUT2D eigenvalue weighted by Gasteiger charge is -2.02. The van der Waals surface area contributed by atoms with E-state index < -0.39 is 16.4 Å². The van der Waals surface area contributed by atoms with Crippen LogP contribution < -0.4 is 14.9 Å². The van der Waals surface area contributed by atoms with Gasteiger partial charge in [0.1, 0.15) is 0 Å². The van der Waals surface area contributed by atoms with Crippen molar-refractivity contribution in [1.82, 2.24) is 0 Å². The molecular weight excluding hydrogens is 504 g/mol. The largest absolute Gasteiger partial charge is 0.726 e. The van der Waals surface area contributed by atoms with Crippen LogP contribution in [0.1, 0.15) is 122 Å². The van der Waals surface area contributed by atoms with Crippen LogP contribution in [0.2, 0.25) is 0 Å². The van der Waals surface area contributed by atoms with E-state index in [1.165, 1.54) is 86.8 Å². The minimum Gasteiger partial charge on any atom is -0.726 e. The molecule has 0 atom stereocenters. The van der Waals surface area contributed by atoms with Crippen molar-refractivity contribution < 1.29 is 36.9 Å². The minimum absolute atomic E-state index is 0.222. The van der Waals surface area contributed by atoms with E-state index in [0.717, 1.165) is 39.2 Å². The van der Waals surface area contributed by atoms with Crippen LogP contribution in [0.25, 0.3) is 0 Å². The normalized spacial score (nSPS) is 10.3. The first kappa shape index (κ1) is 43.9. The molecule has 0 fully saturated rings. The fourth-order valence-corrected chi connectivity index (χ4v) is 2.89. The Balaban J connectivity index is -0.000000336.